The van der Waals surface area contributed by atoms with E-state index in [-0.39, 0.29) is 6.08 Å². The molecular weight excluding hydrogens is 746 g/mol. The molecule has 0 bridgehead atoms. The molecule has 0 radical (unpaired) electrons. The van der Waals surface area contributed by atoms with E-state index in [1.54, 1.807) is 0 Å². The molecule has 0 aliphatic heterocycles. The average molecular weight is 788 g/mol. The molecule has 0 spiro atoms. The Balaban J connectivity index is 2.73. The van der Waals surface area contributed by atoms with Gasteiger partial charge in [0.05, 0.1) is 28.3 Å². The number of aliphatic hydroxyl groups is 1. The van der Waals surface area contributed by atoms with E-state index in [1.807, 2.05) is 0 Å². The molecule has 56 heavy (non-hydrogen) atoms. The van der Waals surface area contributed by atoms with Crippen LogP contribution < -0.4 is 57.3 Å². The lowest BCUT2D eigenvalue weighted by molar-refractivity contribution is -0.239. The number of ketones is 1. The molecule has 21 N–H and O–H groups in total. The largest absolute Gasteiger partial charge is 0.392 e. The highest BCUT2D eigenvalue weighted by Crippen LogP contribution is 2.82. The monoisotopic (exact) mass is 787 g/mol. The molecule has 0 aromatic rings. The first kappa shape index (κ1) is 42.0. The number of amides is 11. The summed E-state index contributed by atoms with van der Waals surface area (Å²) in [5.74, 6) is -30.3. The third-order valence-corrected chi connectivity index (χ3v) is 12.8. The van der Waals surface area contributed by atoms with Crippen LogP contribution in [-0.4, -0.2) is 100.0 Å². The van der Waals surface area contributed by atoms with Crippen LogP contribution in [0.4, 0.5) is 0 Å². The van der Waals surface area contributed by atoms with E-state index in [0.717, 1.165) is 11.9 Å². The predicted molar refractivity (Wildman–Crippen MR) is 181 cm³/mol. The number of nitrogens with two attached hydrogens (primary N) is 10. The molecule has 0 aromatic heterocycles. The highest BCUT2D eigenvalue weighted by Gasteiger charge is 2.96. The molecule has 0 heterocycles. The van der Waals surface area contributed by atoms with Crippen LogP contribution >= 0.6 is 0 Å². The van der Waals surface area contributed by atoms with Crippen LogP contribution in [0.1, 0.15) is 33.1 Å². The van der Waals surface area contributed by atoms with Gasteiger partial charge in [0.25, 0.3) is 0 Å². The molecule has 24 nitrogen and oxygen atoms in total. The molecule has 4 unspecified atom stereocenters. The van der Waals surface area contributed by atoms with Crippen LogP contribution in [0.15, 0.2) is 22.8 Å². The van der Waals surface area contributed by atoms with Gasteiger partial charge in [-0.05, 0) is 50.3 Å². The topological polar surface area (TPSA) is 489 Å². The normalized spacial score (nSPS) is 30.7. The molecule has 4 rings (SSSR count). The van der Waals surface area contributed by atoms with Crippen LogP contribution in [0.5, 0.6) is 0 Å². The SMILES string of the molecule is CC(C)N(C)C(=O)[C@]12CCC3C4=C(C(C(N)=O)(C(N)=O)C(=O)C=C4C(N)=O)C(C(N)=O)(C(N)=O)C(C(N)=O)(C(N)=O)C3(C(N)=O)C1(C(N)=O)C(C(N)=O)C[C@@H]2O. The van der Waals surface area contributed by atoms with Crippen molar-refractivity contribution in [2.45, 2.75) is 45.3 Å². The van der Waals surface area contributed by atoms with E-state index >= 15 is 9.59 Å². The fourth-order valence-electron chi connectivity index (χ4n) is 10.9. The Morgan fingerprint density at radius 3 is 1.52 bits per heavy atom. The Bertz CT molecular complexity index is 2050. The highest BCUT2D eigenvalue weighted by molar-refractivity contribution is 6.35. The standard InChI is InChI=1S/C32H41N11O13/c1-8(2)43(3)26(56)27-5-4-10-14-9(16(33)46)6-13(45)28(18(35)48,19(36)49)15(14)29(20(37)50,21(38)51)32(24(41)54,25(42)55)31(10,23(40)53)30(27,22(39)52)11(17(34)47)7-12(27)44/h6,8,10-12,44H,4-5,7H2,1-3H3,(H2,33,46)(H2,34,47)(H2,35,48)(H2,36,49)(H2,37,50)(H2,38,51)(H2,39,52)(H2,40,53)(H2,41,54)(H2,42,55)/t10?,11?,12-,27+,30?,31?/m0/s1. The summed E-state index contributed by atoms with van der Waals surface area (Å²) >= 11 is 0. The zero-order chi connectivity index (χ0) is 43.4. The van der Waals surface area contributed by atoms with Gasteiger partial charge in [-0.25, -0.2) is 0 Å². The van der Waals surface area contributed by atoms with Gasteiger partial charge in [0.1, 0.15) is 0 Å². The number of nitrogens with zero attached hydrogens (tertiary/aromatic N) is 1. The van der Waals surface area contributed by atoms with Crippen LogP contribution in [0, 0.1) is 44.3 Å². The lowest BCUT2D eigenvalue weighted by Crippen LogP contribution is -2.88. The Labute approximate surface area is 315 Å². The second-order valence-electron chi connectivity index (χ2n) is 14.6. The summed E-state index contributed by atoms with van der Waals surface area (Å²) in [6.45, 7) is 2.86. The number of allylic oxidation sites excluding steroid dienone is 1. The third kappa shape index (κ3) is 3.89. The predicted octanol–water partition coefficient (Wildman–Crippen LogP) is -8.77. The molecule has 24 heteroatoms. The first-order chi connectivity index (χ1) is 25.6. The van der Waals surface area contributed by atoms with Crippen LogP contribution in [0.2, 0.25) is 0 Å². The molecule has 4 aliphatic carbocycles. The maximum atomic E-state index is 15.0. The van der Waals surface area contributed by atoms with Crippen molar-refractivity contribution in [3.8, 4) is 0 Å². The van der Waals surface area contributed by atoms with Crippen molar-refractivity contribution in [1.29, 1.82) is 0 Å². The maximum absolute atomic E-state index is 15.0. The molecule has 2 fully saturated rings. The van der Waals surface area contributed by atoms with Crippen LogP contribution in [-0.2, 0) is 57.5 Å². The van der Waals surface area contributed by atoms with E-state index in [9.17, 15) is 53.1 Å². The quantitative estimate of drug-likeness (QED) is 0.0820. The zero-order valence-electron chi connectivity index (χ0n) is 30.1. The summed E-state index contributed by atoms with van der Waals surface area (Å²) in [6, 6.07) is -0.863. The number of fused-ring (bicyclic) bond motifs is 4. The summed E-state index contributed by atoms with van der Waals surface area (Å²) < 4.78 is 0. The van der Waals surface area contributed by atoms with Gasteiger partial charge in [0, 0.05) is 24.6 Å². The fourth-order valence-corrected chi connectivity index (χ4v) is 10.9. The number of hydrogen-bond donors (Lipinski definition) is 11. The lowest BCUT2D eigenvalue weighted by Gasteiger charge is -2.71. The van der Waals surface area contributed by atoms with Crippen molar-refractivity contribution in [3.63, 3.8) is 0 Å². The Hall–Kier alpha value is -6.72. The first-order valence-electron chi connectivity index (χ1n) is 16.5. The molecule has 0 saturated heterocycles. The first-order valence-corrected chi connectivity index (χ1v) is 16.5. The Morgan fingerprint density at radius 2 is 1.18 bits per heavy atom. The molecule has 302 valence electrons. The molecule has 11 amide bonds. The summed E-state index contributed by atoms with van der Waals surface area (Å²) in [6.07, 6.45) is -5.29. The summed E-state index contributed by atoms with van der Waals surface area (Å²) in [4.78, 5) is 172. The fraction of sp³-hybridized carbons (Fsp3) is 0.500. The Morgan fingerprint density at radius 1 is 0.714 bits per heavy atom. The summed E-state index contributed by atoms with van der Waals surface area (Å²) in [7, 11) is 1.13. The molecule has 0 aromatic carbocycles. The lowest BCUT2D eigenvalue weighted by atomic mass is 9.25. The van der Waals surface area contributed by atoms with Crippen molar-refractivity contribution in [2.75, 3.05) is 7.05 Å². The second kappa shape index (κ2) is 12.4. The van der Waals surface area contributed by atoms with Gasteiger partial charge >= 0.3 is 0 Å². The van der Waals surface area contributed by atoms with Crippen LogP contribution in [0.25, 0.3) is 0 Å². The number of hydrogen-bond acceptors (Lipinski definition) is 13. The van der Waals surface area contributed by atoms with Crippen LogP contribution in [0.3, 0.4) is 0 Å². The minimum atomic E-state index is -4.60. The van der Waals surface area contributed by atoms with Crippen molar-refractivity contribution in [2.24, 2.45) is 102 Å². The number of aliphatic hydroxyl groups excluding tert-OH is 1. The van der Waals surface area contributed by atoms with Gasteiger partial charge in [-0.15, -0.1) is 0 Å². The van der Waals surface area contributed by atoms with E-state index < -0.39 is 163 Å². The van der Waals surface area contributed by atoms with E-state index in [4.69, 9.17) is 57.3 Å². The van der Waals surface area contributed by atoms with Gasteiger partial charge in [-0.3, -0.25) is 57.5 Å². The number of carbonyl (C=O) groups excluding carboxylic acids is 12. The number of primary amides is 10. The second-order valence-corrected chi connectivity index (χ2v) is 14.6. The third-order valence-electron chi connectivity index (χ3n) is 12.8. The van der Waals surface area contributed by atoms with Gasteiger partial charge in [0.2, 0.25) is 70.4 Å². The maximum Gasteiger partial charge on any atom is 0.249 e. The summed E-state index contributed by atoms with van der Waals surface area (Å²) in [5.41, 5.74) is 30.4. The van der Waals surface area contributed by atoms with Crippen molar-refractivity contribution < 1.29 is 62.6 Å². The summed E-state index contributed by atoms with van der Waals surface area (Å²) in [5, 5.41) is 12.0. The number of carbonyl (C=O) groups is 12. The molecule has 4 aliphatic rings. The Kier molecular flexibility index (Phi) is 9.31. The van der Waals surface area contributed by atoms with E-state index in [2.05, 4.69) is 0 Å². The van der Waals surface area contributed by atoms with E-state index in [1.165, 1.54) is 13.8 Å². The molecule has 2 saturated carbocycles. The van der Waals surface area contributed by atoms with E-state index in [0.29, 0.717) is 0 Å². The molecule has 6 atom stereocenters. The van der Waals surface area contributed by atoms with Gasteiger partial charge < -0.3 is 67.3 Å². The minimum absolute atomic E-state index is 0.169. The van der Waals surface area contributed by atoms with Gasteiger partial charge in [-0.2, -0.15) is 0 Å². The van der Waals surface area contributed by atoms with Gasteiger partial charge in [0.15, 0.2) is 16.6 Å². The minimum Gasteiger partial charge on any atom is -0.392 e. The number of rotatable bonds is 12. The smallest absolute Gasteiger partial charge is 0.249 e. The van der Waals surface area contributed by atoms with Crippen molar-refractivity contribution in [1.82, 2.24) is 4.90 Å². The van der Waals surface area contributed by atoms with Gasteiger partial charge in [-0.1, -0.05) is 0 Å². The van der Waals surface area contributed by atoms with Crippen molar-refractivity contribution in [3.05, 3.63) is 22.8 Å². The average Bonchev–Trinajstić information content (AvgIpc) is 3.35. The van der Waals surface area contributed by atoms with Crippen molar-refractivity contribution >= 4 is 70.8 Å². The molecular formula is C32H41N11O13. The zero-order valence-corrected chi connectivity index (χ0v) is 30.1. The highest BCUT2D eigenvalue weighted by atomic mass is 16.3.